The van der Waals surface area contributed by atoms with Gasteiger partial charge in [-0.2, -0.15) is 0 Å². The largest absolute Gasteiger partial charge is 0.550 e. The van der Waals surface area contributed by atoms with Gasteiger partial charge in [0, 0.05) is 34.2 Å². The number of carbonyl (C=O) groups is 2. The Morgan fingerprint density at radius 3 is 2.44 bits per heavy atom. The summed E-state index contributed by atoms with van der Waals surface area (Å²) in [7, 11) is 1.31. The number of methoxy groups -OCH3 is 1. The zero-order valence-electron chi connectivity index (χ0n) is 11.1. The van der Waals surface area contributed by atoms with Gasteiger partial charge in [-0.1, -0.05) is 6.42 Å². The maximum absolute atomic E-state index is 11.8. The van der Waals surface area contributed by atoms with Crippen LogP contribution in [0.5, 0.6) is 0 Å². The van der Waals surface area contributed by atoms with E-state index in [1.54, 1.807) is 20.8 Å². The van der Waals surface area contributed by atoms with Crippen LogP contribution < -0.4 is 0 Å². The zero-order valence-corrected chi connectivity index (χ0v) is 14.0. The van der Waals surface area contributed by atoms with Crippen LogP contribution in [0.3, 0.4) is 0 Å². The third kappa shape index (κ3) is 5.21. The third-order valence-electron chi connectivity index (χ3n) is 2.15. The molecule has 0 unspecified atom stereocenters. The molecule has 1 aliphatic rings. The molecule has 0 saturated heterocycles. The standard InChI is InChI=1S/C12H18NO4.W/c1-12(2,3)17-11(15)13-7-5-6-9(8-13)10(14)16-4;/h5,7-8H2,1-4H3;/q-1;. The summed E-state index contributed by atoms with van der Waals surface area (Å²) >= 11 is 0. The number of carbonyl (C=O) groups excluding carboxylic acids is 2. The minimum atomic E-state index is -0.534. The summed E-state index contributed by atoms with van der Waals surface area (Å²) < 4.78 is 9.83. The van der Waals surface area contributed by atoms with Crippen LogP contribution in [0.4, 0.5) is 4.79 Å². The monoisotopic (exact) mass is 424 g/mol. The van der Waals surface area contributed by atoms with Crippen molar-refractivity contribution in [1.29, 1.82) is 0 Å². The summed E-state index contributed by atoms with van der Waals surface area (Å²) in [6.45, 7) is 6.12. The Morgan fingerprint density at radius 1 is 1.33 bits per heavy atom. The zero-order chi connectivity index (χ0) is 13.1. The van der Waals surface area contributed by atoms with Crippen molar-refractivity contribution in [2.45, 2.75) is 32.8 Å². The van der Waals surface area contributed by atoms with E-state index in [1.165, 1.54) is 12.0 Å². The fraction of sp³-hybridized carbons (Fsp3) is 0.667. The predicted octanol–water partition coefficient (Wildman–Crippen LogP) is 1.53. The van der Waals surface area contributed by atoms with E-state index in [4.69, 9.17) is 4.74 Å². The summed E-state index contributed by atoms with van der Waals surface area (Å²) in [4.78, 5) is 24.6. The predicted molar refractivity (Wildman–Crippen MR) is 61.2 cm³/mol. The van der Waals surface area contributed by atoms with E-state index >= 15 is 0 Å². The maximum Gasteiger partial charge on any atom is 0.410 e. The first-order valence-electron chi connectivity index (χ1n) is 5.49. The van der Waals surface area contributed by atoms with Gasteiger partial charge < -0.3 is 19.2 Å². The summed E-state index contributed by atoms with van der Waals surface area (Å²) in [6.07, 6.45) is 3.01. The summed E-state index contributed by atoms with van der Waals surface area (Å²) in [5.74, 6) is -0.446. The second kappa shape index (κ2) is 6.93. The molecule has 1 amide bonds. The number of hydrogen-bond donors (Lipinski definition) is 0. The number of nitrogens with zero attached hydrogens (tertiary/aromatic N) is 1. The number of hydrogen-bond acceptors (Lipinski definition) is 4. The Bertz CT molecular complexity index is 346. The van der Waals surface area contributed by atoms with Crippen LogP contribution in [0.15, 0.2) is 5.57 Å². The normalized spacial score (nSPS) is 15.3. The van der Waals surface area contributed by atoms with E-state index in [1.807, 2.05) is 0 Å². The maximum atomic E-state index is 11.8. The fourth-order valence-corrected chi connectivity index (χ4v) is 1.41. The minimum Gasteiger partial charge on any atom is -0.550 e. The first-order valence-corrected chi connectivity index (χ1v) is 5.49. The van der Waals surface area contributed by atoms with E-state index in [2.05, 4.69) is 10.8 Å². The number of rotatable bonds is 1. The molecule has 102 valence electrons. The van der Waals surface area contributed by atoms with Crippen molar-refractivity contribution in [3.63, 3.8) is 0 Å². The van der Waals surface area contributed by atoms with E-state index in [0.717, 1.165) is 0 Å². The molecule has 6 heteroatoms. The van der Waals surface area contributed by atoms with Crippen LogP contribution in [0.1, 0.15) is 27.2 Å². The molecule has 0 aromatic carbocycles. The summed E-state index contributed by atoms with van der Waals surface area (Å²) in [6, 6.07) is 0. The number of amides is 1. The first kappa shape index (κ1) is 17.2. The fourth-order valence-electron chi connectivity index (χ4n) is 1.41. The smallest absolute Gasteiger partial charge is 0.410 e. The third-order valence-corrected chi connectivity index (χ3v) is 2.15. The van der Waals surface area contributed by atoms with Gasteiger partial charge in [0.25, 0.3) is 0 Å². The second-order valence-corrected chi connectivity index (χ2v) is 4.80. The average Bonchev–Trinajstić information content (AvgIpc) is 2.26. The van der Waals surface area contributed by atoms with Crippen molar-refractivity contribution in [2.24, 2.45) is 0 Å². The topological polar surface area (TPSA) is 55.8 Å². The molecule has 0 bridgehead atoms. The number of ether oxygens (including phenoxy) is 2. The van der Waals surface area contributed by atoms with Gasteiger partial charge in [-0.05, 0) is 20.8 Å². The van der Waals surface area contributed by atoms with E-state index in [-0.39, 0.29) is 27.6 Å². The molecule has 0 aromatic heterocycles. The molecule has 0 saturated carbocycles. The van der Waals surface area contributed by atoms with Crippen LogP contribution in [-0.2, 0) is 35.3 Å². The molecular weight excluding hydrogens is 406 g/mol. The second-order valence-electron chi connectivity index (χ2n) is 4.80. The quantitative estimate of drug-likeness (QED) is 0.474. The molecule has 1 heterocycles. The molecule has 0 aliphatic carbocycles. The molecule has 1 rings (SSSR count). The van der Waals surface area contributed by atoms with Crippen molar-refractivity contribution >= 4 is 12.1 Å². The van der Waals surface area contributed by atoms with Gasteiger partial charge >= 0.3 is 6.09 Å². The van der Waals surface area contributed by atoms with Crippen molar-refractivity contribution in [2.75, 3.05) is 20.2 Å². The van der Waals surface area contributed by atoms with Crippen LogP contribution >= 0.6 is 0 Å². The Balaban J connectivity index is 0.00000289. The van der Waals surface area contributed by atoms with E-state index in [0.29, 0.717) is 18.5 Å². The van der Waals surface area contributed by atoms with E-state index < -0.39 is 17.7 Å². The van der Waals surface area contributed by atoms with Crippen LogP contribution in [-0.4, -0.2) is 42.8 Å². The molecule has 18 heavy (non-hydrogen) atoms. The molecule has 0 aromatic rings. The van der Waals surface area contributed by atoms with Gasteiger partial charge in [0.05, 0.1) is 7.11 Å². The molecule has 0 radical (unpaired) electrons. The first-order chi connectivity index (χ1) is 7.83. The Morgan fingerprint density at radius 2 is 1.94 bits per heavy atom. The molecule has 0 fully saturated rings. The number of esters is 1. The van der Waals surface area contributed by atoms with Crippen molar-refractivity contribution < 1.29 is 40.1 Å². The van der Waals surface area contributed by atoms with Gasteiger partial charge in [0.1, 0.15) is 5.60 Å². The van der Waals surface area contributed by atoms with Gasteiger partial charge in [-0.15, -0.1) is 5.57 Å². The average molecular weight is 424 g/mol. The Kier molecular flexibility index (Phi) is 6.61. The molecule has 0 N–H and O–H groups in total. The summed E-state index contributed by atoms with van der Waals surface area (Å²) in [5.41, 5.74) is -0.155. The van der Waals surface area contributed by atoms with Crippen molar-refractivity contribution in [3.8, 4) is 0 Å². The Labute approximate surface area is 122 Å². The van der Waals surface area contributed by atoms with Gasteiger partial charge in [-0.25, -0.2) is 4.79 Å². The van der Waals surface area contributed by atoms with Gasteiger partial charge in [0.15, 0.2) is 5.97 Å². The SMILES string of the molecule is COC(=O)C1=[C-]CCN(C(=O)OC(C)(C)C)C1.[W]. The van der Waals surface area contributed by atoms with E-state index in [9.17, 15) is 9.59 Å². The molecular formula is C12H18NO4W-. The Hall–Kier alpha value is -0.832. The molecule has 1 aliphatic heterocycles. The summed E-state index contributed by atoms with van der Waals surface area (Å²) in [5, 5.41) is 0. The van der Waals surface area contributed by atoms with Gasteiger partial charge in [-0.3, -0.25) is 6.08 Å². The van der Waals surface area contributed by atoms with Gasteiger partial charge in [0.2, 0.25) is 0 Å². The van der Waals surface area contributed by atoms with Crippen molar-refractivity contribution in [3.05, 3.63) is 11.6 Å². The molecule has 5 nitrogen and oxygen atoms in total. The van der Waals surface area contributed by atoms with Crippen LogP contribution in [0.25, 0.3) is 0 Å². The molecule has 0 atom stereocenters. The minimum absolute atomic E-state index is 0. The van der Waals surface area contributed by atoms with Crippen molar-refractivity contribution in [1.82, 2.24) is 4.90 Å². The van der Waals surface area contributed by atoms with Crippen LogP contribution in [0.2, 0.25) is 0 Å². The molecule has 0 spiro atoms. The van der Waals surface area contributed by atoms with Crippen LogP contribution in [0, 0.1) is 6.08 Å².